The number of carboxylic acids is 1. The Morgan fingerprint density at radius 2 is 1.42 bits per heavy atom. The first-order valence-electron chi connectivity index (χ1n) is 8.24. The van der Waals surface area contributed by atoms with Crippen molar-refractivity contribution in [2.45, 2.75) is 5.92 Å². The maximum Gasteiger partial charge on any atom is 0.335 e. The van der Waals surface area contributed by atoms with Crippen molar-refractivity contribution in [3.63, 3.8) is 0 Å². The molecule has 0 aliphatic carbocycles. The van der Waals surface area contributed by atoms with E-state index in [9.17, 15) is 9.90 Å². The summed E-state index contributed by atoms with van der Waals surface area (Å²) in [6.07, 6.45) is 0. The predicted molar refractivity (Wildman–Crippen MR) is 100 cm³/mol. The number of hydrogen-bond acceptors (Lipinski definition) is 3. The maximum atomic E-state index is 11.8. The normalized spacial score (nSPS) is 11.6. The van der Waals surface area contributed by atoms with Crippen molar-refractivity contribution in [1.82, 2.24) is 0 Å². The zero-order valence-electron chi connectivity index (χ0n) is 14.7. The van der Waals surface area contributed by atoms with E-state index in [1.54, 1.807) is 26.4 Å². The number of ether oxygens (including phenoxy) is 2. The molecule has 0 saturated carbocycles. The molecular weight excluding hydrogens is 328 g/mol. The number of carbonyl (C=O) groups is 1. The summed E-state index contributed by atoms with van der Waals surface area (Å²) in [7, 11) is 3.24. The van der Waals surface area contributed by atoms with Gasteiger partial charge in [0.05, 0.1) is 19.8 Å². The van der Waals surface area contributed by atoms with Crippen LogP contribution in [0.3, 0.4) is 0 Å². The summed E-state index contributed by atoms with van der Waals surface area (Å²) in [4.78, 5) is 11.8. The molecule has 0 radical (unpaired) electrons. The van der Waals surface area contributed by atoms with Crippen molar-refractivity contribution in [2.24, 2.45) is 0 Å². The van der Waals surface area contributed by atoms with E-state index in [4.69, 9.17) is 9.47 Å². The molecule has 0 aliphatic rings. The molecule has 1 N–H and O–H groups in total. The number of aromatic carboxylic acids is 1. The molecule has 3 aromatic carbocycles. The van der Waals surface area contributed by atoms with Gasteiger partial charge in [0.2, 0.25) is 0 Å². The van der Waals surface area contributed by atoms with Crippen LogP contribution in [0.1, 0.15) is 33.0 Å². The van der Waals surface area contributed by atoms with Crippen LogP contribution in [-0.2, 0) is 0 Å². The van der Waals surface area contributed by atoms with Gasteiger partial charge in [-0.25, -0.2) is 4.79 Å². The van der Waals surface area contributed by atoms with Crippen molar-refractivity contribution in [1.29, 1.82) is 0 Å². The minimum absolute atomic E-state index is 0.274. The third kappa shape index (κ3) is 3.40. The van der Waals surface area contributed by atoms with Gasteiger partial charge in [0.15, 0.2) is 0 Å². The lowest BCUT2D eigenvalue weighted by atomic mass is 9.82. The van der Waals surface area contributed by atoms with Crippen LogP contribution in [0, 0.1) is 0 Å². The lowest BCUT2D eigenvalue weighted by Crippen LogP contribution is -2.11. The number of carboxylic acid groups (broad SMARTS) is 1. The molecule has 0 aliphatic heterocycles. The Bertz CT molecular complexity index is 900. The number of para-hydroxylation sites is 1. The summed E-state index contributed by atoms with van der Waals surface area (Å²) in [5.41, 5.74) is 2.87. The highest BCUT2D eigenvalue weighted by atomic mass is 16.5. The molecule has 0 fully saturated rings. The van der Waals surface area contributed by atoms with Gasteiger partial charge in [0.25, 0.3) is 0 Å². The van der Waals surface area contributed by atoms with E-state index in [1.807, 2.05) is 60.7 Å². The van der Waals surface area contributed by atoms with Crippen molar-refractivity contribution in [3.8, 4) is 11.5 Å². The van der Waals surface area contributed by atoms with Crippen molar-refractivity contribution < 1.29 is 19.4 Å². The maximum absolute atomic E-state index is 11.8. The van der Waals surface area contributed by atoms with Crippen LogP contribution < -0.4 is 9.47 Å². The molecule has 1 atom stereocenters. The van der Waals surface area contributed by atoms with E-state index >= 15 is 0 Å². The number of methoxy groups -OCH3 is 2. The zero-order chi connectivity index (χ0) is 18.5. The fourth-order valence-electron chi connectivity index (χ4n) is 3.17. The quantitative estimate of drug-likeness (QED) is 0.662. The molecule has 0 bridgehead atoms. The molecule has 4 heteroatoms. The Labute approximate surface area is 152 Å². The third-order valence-corrected chi connectivity index (χ3v) is 4.40. The van der Waals surface area contributed by atoms with E-state index in [0.717, 1.165) is 22.4 Å². The van der Waals surface area contributed by atoms with Crippen LogP contribution in [0.5, 0.6) is 11.5 Å². The monoisotopic (exact) mass is 348 g/mol. The number of rotatable bonds is 6. The van der Waals surface area contributed by atoms with Gasteiger partial charge in [-0.15, -0.1) is 0 Å². The zero-order valence-corrected chi connectivity index (χ0v) is 14.7. The molecule has 0 saturated heterocycles. The summed E-state index contributed by atoms with van der Waals surface area (Å²) >= 11 is 0. The minimum Gasteiger partial charge on any atom is -0.497 e. The van der Waals surface area contributed by atoms with E-state index in [-0.39, 0.29) is 11.5 Å². The topological polar surface area (TPSA) is 55.8 Å². The summed E-state index contributed by atoms with van der Waals surface area (Å²) in [5, 5.41) is 9.67. The van der Waals surface area contributed by atoms with Gasteiger partial charge in [-0.2, -0.15) is 0 Å². The van der Waals surface area contributed by atoms with Gasteiger partial charge in [-0.05, 0) is 35.4 Å². The number of hydrogen-bond donors (Lipinski definition) is 1. The molecular formula is C22H20O4. The van der Waals surface area contributed by atoms with Gasteiger partial charge >= 0.3 is 5.97 Å². The van der Waals surface area contributed by atoms with Gasteiger partial charge in [-0.3, -0.25) is 0 Å². The Morgan fingerprint density at radius 1 is 0.808 bits per heavy atom. The Kier molecular flexibility index (Phi) is 5.23. The molecule has 0 amide bonds. The minimum atomic E-state index is -0.950. The first-order chi connectivity index (χ1) is 12.7. The van der Waals surface area contributed by atoms with Crippen LogP contribution in [0.25, 0.3) is 0 Å². The lowest BCUT2D eigenvalue weighted by molar-refractivity contribution is 0.0695. The van der Waals surface area contributed by atoms with E-state index < -0.39 is 5.97 Å². The molecule has 4 nitrogen and oxygen atoms in total. The van der Waals surface area contributed by atoms with Crippen LogP contribution >= 0.6 is 0 Å². The van der Waals surface area contributed by atoms with E-state index in [2.05, 4.69) is 0 Å². The predicted octanol–water partition coefficient (Wildman–Crippen LogP) is 4.58. The average Bonchev–Trinajstić information content (AvgIpc) is 2.69. The highest BCUT2D eigenvalue weighted by Crippen LogP contribution is 2.39. The van der Waals surface area contributed by atoms with Crippen LogP contribution in [0.4, 0.5) is 0 Å². The first kappa shape index (κ1) is 17.5. The third-order valence-electron chi connectivity index (χ3n) is 4.40. The highest BCUT2D eigenvalue weighted by molar-refractivity contribution is 5.90. The van der Waals surface area contributed by atoms with Crippen LogP contribution in [-0.4, -0.2) is 25.3 Å². The SMILES string of the molecule is COc1ccc(C(c2ccccc2OC)c2ccccc2C(=O)O)cc1. The van der Waals surface area contributed by atoms with Gasteiger partial charge in [-0.1, -0.05) is 48.5 Å². The van der Waals surface area contributed by atoms with Crippen molar-refractivity contribution in [2.75, 3.05) is 14.2 Å². The Hall–Kier alpha value is -3.27. The smallest absolute Gasteiger partial charge is 0.335 e. The Morgan fingerprint density at radius 3 is 2.04 bits per heavy atom. The molecule has 3 aromatic rings. The summed E-state index contributed by atoms with van der Waals surface area (Å²) < 4.78 is 10.8. The second-order valence-electron chi connectivity index (χ2n) is 5.84. The molecule has 0 heterocycles. The second-order valence-corrected chi connectivity index (χ2v) is 5.84. The first-order valence-corrected chi connectivity index (χ1v) is 8.24. The lowest BCUT2D eigenvalue weighted by Gasteiger charge is -2.22. The fourth-order valence-corrected chi connectivity index (χ4v) is 3.17. The van der Waals surface area contributed by atoms with Crippen molar-refractivity contribution in [3.05, 3.63) is 95.1 Å². The van der Waals surface area contributed by atoms with E-state index in [0.29, 0.717) is 5.75 Å². The highest BCUT2D eigenvalue weighted by Gasteiger charge is 2.24. The molecule has 0 aromatic heterocycles. The molecule has 132 valence electrons. The van der Waals surface area contributed by atoms with Gasteiger partial charge in [0, 0.05) is 11.5 Å². The standard InChI is InChI=1S/C22H20O4/c1-25-16-13-11-15(12-14-16)21(19-9-5-6-10-20(19)26-2)17-7-3-4-8-18(17)22(23)24/h3-14,21H,1-2H3,(H,23,24). The van der Waals surface area contributed by atoms with Gasteiger partial charge in [0.1, 0.15) is 11.5 Å². The summed E-state index contributed by atoms with van der Waals surface area (Å²) in [5.74, 6) is 0.242. The molecule has 1 unspecified atom stereocenters. The molecule has 0 spiro atoms. The fraction of sp³-hybridized carbons (Fsp3) is 0.136. The van der Waals surface area contributed by atoms with E-state index in [1.165, 1.54) is 0 Å². The van der Waals surface area contributed by atoms with Crippen LogP contribution in [0.2, 0.25) is 0 Å². The van der Waals surface area contributed by atoms with Gasteiger partial charge < -0.3 is 14.6 Å². The second kappa shape index (κ2) is 7.74. The van der Waals surface area contributed by atoms with Crippen molar-refractivity contribution >= 4 is 5.97 Å². The largest absolute Gasteiger partial charge is 0.497 e. The average molecular weight is 348 g/mol. The summed E-state index contributed by atoms with van der Waals surface area (Å²) in [6.45, 7) is 0. The summed E-state index contributed by atoms with van der Waals surface area (Å²) in [6, 6.07) is 22.4. The molecule has 3 rings (SSSR count). The number of benzene rings is 3. The Balaban J connectivity index is 2.24. The van der Waals surface area contributed by atoms with Crippen LogP contribution in [0.15, 0.2) is 72.8 Å². The molecule has 26 heavy (non-hydrogen) atoms.